The Morgan fingerprint density at radius 1 is 1.43 bits per heavy atom. The fraction of sp³-hybridized carbons (Fsp3) is 0.625. The second-order valence-corrected chi connectivity index (χ2v) is 7.20. The number of nitrogens with zero attached hydrogens (tertiary/aromatic N) is 1. The van der Waals surface area contributed by atoms with Gasteiger partial charge in [-0.25, -0.2) is 0 Å². The molecule has 118 valence electrons. The smallest absolute Gasteiger partial charge is 0.0469 e. The second kappa shape index (κ2) is 8.49. The van der Waals surface area contributed by atoms with Crippen molar-refractivity contribution in [2.75, 3.05) is 33.4 Å². The van der Waals surface area contributed by atoms with E-state index in [9.17, 15) is 0 Å². The topological polar surface area (TPSA) is 38.5 Å². The van der Waals surface area contributed by atoms with E-state index < -0.39 is 0 Å². The Labute approximate surface area is 140 Å². The third-order valence-corrected chi connectivity index (χ3v) is 4.92. The molecule has 0 aliphatic carbocycles. The molecule has 1 atom stereocenters. The fourth-order valence-corrected chi connectivity index (χ4v) is 3.59. The third-order valence-electron chi connectivity index (χ3n) is 4.09. The molecule has 0 radical (unpaired) electrons. The van der Waals surface area contributed by atoms with Crippen LogP contribution in [-0.4, -0.2) is 38.3 Å². The minimum Gasteiger partial charge on any atom is -0.381 e. The molecular formula is C16H24BrClN2O. The Hall–Kier alpha value is -0.130. The summed E-state index contributed by atoms with van der Waals surface area (Å²) >= 11 is 9.68. The second-order valence-electron chi connectivity index (χ2n) is 5.88. The zero-order chi connectivity index (χ0) is 15.2. The summed E-state index contributed by atoms with van der Waals surface area (Å²) in [5.41, 5.74) is 7.31. The van der Waals surface area contributed by atoms with Gasteiger partial charge in [0.05, 0.1) is 0 Å². The van der Waals surface area contributed by atoms with E-state index in [4.69, 9.17) is 22.1 Å². The van der Waals surface area contributed by atoms with Crippen LogP contribution in [0, 0.1) is 5.92 Å². The van der Waals surface area contributed by atoms with Crippen molar-refractivity contribution in [1.29, 1.82) is 0 Å². The first kappa shape index (κ1) is 17.2. The Balaban J connectivity index is 1.78. The highest BCUT2D eigenvalue weighted by atomic mass is 79.9. The minimum atomic E-state index is -0.0114. The molecule has 1 aliphatic heterocycles. The normalized spacial score (nSPS) is 18.1. The lowest BCUT2D eigenvalue weighted by molar-refractivity contribution is 0.0554. The van der Waals surface area contributed by atoms with E-state index in [1.54, 1.807) is 0 Å². The van der Waals surface area contributed by atoms with Crippen molar-refractivity contribution in [3.8, 4) is 0 Å². The highest BCUT2D eigenvalue weighted by Gasteiger charge is 2.17. The summed E-state index contributed by atoms with van der Waals surface area (Å²) in [7, 11) is 2.17. The molecule has 5 heteroatoms. The Bertz CT molecular complexity index is 452. The van der Waals surface area contributed by atoms with E-state index in [-0.39, 0.29) is 6.04 Å². The van der Waals surface area contributed by atoms with E-state index >= 15 is 0 Å². The van der Waals surface area contributed by atoms with Gasteiger partial charge in [0.2, 0.25) is 0 Å². The lowest BCUT2D eigenvalue weighted by Crippen LogP contribution is -2.31. The minimum absolute atomic E-state index is 0.0114. The maximum absolute atomic E-state index is 6.28. The van der Waals surface area contributed by atoms with Gasteiger partial charge in [0.25, 0.3) is 0 Å². The maximum atomic E-state index is 6.28. The summed E-state index contributed by atoms with van der Waals surface area (Å²) in [5, 5.41) is 0.740. The van der Waals surface area contributed by atoms with Gasteiger partial charge in [-0.2, -0.15) is 0 Å². The summed E-state index contributed by atoms with van der Waals surface area (Å²) in [6.07, 6.45) is 3.27. The average molecular weight is 376 g/mol. The van der Waals surface area contributed by atoms with E-state index in [0.717, 1.165) is 53.7 Å². The Morgan fingerprint density at radius 2 is 2.14 bits per heavy atom. The summed E-state index contributed by atoms with van der Waals surface area (Å²) in [6.45, 7) is 3.94. The zero-order valence-electron chi connectivity index (χ0n) is 12.5. The van der Waals surface area contributed by atoms with Gasteiger partial charge in [-0.05, 0) is 56.5 Å². The van der Waals surface area contributed by atoms with E-state index in [0.29, 0.717) is 0 Å². The van der Waals surface area contributed by atoms with Crippen LogP contribution in [0.15, 0.2) is 22.7 Å². The van der Waals surface area contributed by atoms with Gasteiger partial charge in [-0.3, -0.25) is 0 Å². The van der Waals surface area contributed by atoms with Crippen LogP contribution in [0.3, 0.4) is 0 Å². The summed E-state index contributed by atoms with van der Waals surface area (Å²) < 4.78 is 6.39. The molecule has 2 N–H and O–H groups in total. The number of nitrogens with two attached hydrogens (primary N) is 1. The molecule has 1 fully saturated rings. The molecule has 21 heavy (non-hydrogen) atoms. The van der Waals surface area contributed by atoms with E-state index in [1.807, 2.05) is 18.2 Å². The molecular weight excluding hydrogens is 352 g/mol. The predicted octanol–water partition coefficient (Wildman–Crippen LogP) is 3.85. The van der Waals surface area contributed by atoms with Crippen molar-refractivity contribution >= 4 is 27.5 Å². The molecule has 0 saturated carbocycles. The molecule has 0 aromatic heterocycles. The van der Waals surface area contributed by atoms with Crippen molar-refractivity contribution in [3.63, 3.8) is 0 Å². The molecule has 1 aromatic carbocycles. The first-order chi connectivity index (χ1) is 10.1. The monoisotopic (exact) mass is 374 g/mol. The number of ether oxygens (including phenoxy) is 1. The molecule has 1 aliphatic rings. The maximum Gasteiger partial charge on any atom is 0.0469 e. The summed E-state index contributed by atoms with van der Waals surface area (Å²) in [4.78, 5) is 2.38. The molecule has 1 heterocycles. The van der Waals surface area contributed by atoms with Crippen LogP contribution in [0.5, 0.6) is 0 Å². The molecule has 3 nitrogen and oxygen atoms in total. The van der Waals surface area contributed by atoms with Crippen LogP contribution in [-0.2, 0) is 4.74 Å². The van der Waals surface area contributed by atoms with Crippen molar-refractivity contribution < 1.29 is 4.74 Å². The van der Waals surface area contributed by atoms with E-state index in [1.165, 1.54) is 12.8 Å². The van der Waals surface area contributed by atoms with E-state index in [2.05, 4.69) is 27.9 Å². The van der Waals surface area contributed by atoms with Crippen LogP contribution in [0.1, 0.15) is 30.9 Å². The summed E-state index contributed by atoms with van der Waals surface area (Å²) in [6, 6.07) is 5.90. The third kappa shape index (κ3) is 5.53. The average Bonchev–Trinajstić information content (AvgIpc) is 2.46. The number of hydrogen-bond donors (Lipinski definition) is 1. The van der Waals surface area contributed by atoms with Crippen molar-refractivity contribution in [3.05, 3.63) is 33.3 Å². The largest absolute Gasteiger partial charge is 0.381 e. The molecule has 1 aromatic rings. The molecule has 1 saturated heterocycles. The highest BCUT2D eigenvalue weighted by Crippen LogP contribution is 2.27. The van der Waals surface area contributed by atoms with Crippen molar-refractivity contribution in [2.24, 2.45) is 11.7 Å². The van der Waals surface area contributed by atoms with Gasteiger partial charge < -0.3 is 15.4 Å². The molecule has 0 spiro atoms. The molecule has 0 amide bonds. The van der Waals surface area contributed by atoms with Gasteiger partial charge in [-0.15, -0.1) is 0 Å². The standard InChI is InChI=1S/C16H24BrClN2O/c1-20(11-12-5-8-21-9-6-12)7-4-16(19)14-3-2-13(17)10-15(14)18/h2-3,10,12,16H,4-9,11,19H2,1H3. The lowest BCUT2D eigenvalue weighted by atomic mass is 9.99. The van der Waals surface area contributed by atoms with Crippen LogP contribution in [0.4, 0.5) is 0 Å². The quantitative estimate of drug-likeness (QED) is 0.820. The first-order valence-electron chi connectivity index (χ1n) is 7.53. The van der Waals surface area contributed by atoms with Gasteiger partial charge in [0.1, 0.15) is 0 Å². The van der Waals surface area contributed by atoms with Crippen LogP contribution >= 0.6 is 27.5 Å². The fourth-order valence-electron chi connectivity index (χ4n) is 2.78. The van der Waals surface area contributed by atoms with Gasteiger partial charge in [0.15, 0.2) is 0 Å². The molecule has 0 bridgehead atoms. The molecule has 1 unspecified atom stereocenters. The van der Waals surface area contributed by atoms with Crippen LogP contribution in [0.25, 0.3) is 0 Å². The van der Waals surface area contributed by atoms with Crippen molar-refractivity contribution in [1.82, 2.24) is 4.90 Å². The Kier molecular flexibility index (Phi) is 6.96. The highest BCUT2D eigenvalue weighted by molar-refractivity contribution is 9.10. The molecule has 2 rings (SSSR count). The SMILES string of the molecule is CN(CCC(N)c1ccc(Br)cc1Cl)CC1CCOCC1. The Morgan fingerprint density at radius 3 is 2.81 bits per heavy atom. The lowest BCUT2D eigenvalue weighted by Gasteiger charge is -2.27. The number of benzene rings is 1. The number of rotatable bonds is 6. The first-order valence-corrected chi connectivity index (χ1v) is 8.70. The number of halogens is 2. The number of hydrogen-bond acceptors (Lipinski definition) is 3. The van der Waals surface area contributed by atoms with Gasteiger partial charge >= 0.3 is 0 Å². The van der Waals surface area contributed by atoms with Crippen molar-refractivity contribution in [2.45, 2.75) is 25.3 Å². The van der Waals surface area contributed by atoms with Crippen LogP contribution in [0.2, 0.25) is 5.02 Å². The zero-order valence-corrected chi connectivity index (χ0v) is 14.9. The van der Waals surface area contributed by atoms with Gasteiger partial charge in [-0.1, -0.05) is 33.6 Å². The summed E-state index contributed by atoms with van der Waals surface area (Å²) in [5.74, 6) is 0.760. The van der Waals surface area contributed by atoms with Gasteiger partial charge in [0, 0.05) is 35.3 Å². The van der Waals surface area contributed by atoms with Crippen LogP contribution < -0.4 is 5.73 Å². The predicted molar refractivity (Wildman–Crippen MR) is 91.7 cm³/mol.